The van der Waals surface area contributed by atoms with Gasteiger partial charge in [0.2, 0.25) is 5.88 Å². The number of rotatable bonds is 4. The van der Waals surface area contributed by atoms with Crippen LogP contribution in [0, 0.1) is 0 Å². The van der Waals surface area contributed by atoms with Gasteiger partial charge in [-0.05, 0) is 24.6 Å². The molecule has 0 bridgehead atoms. The second-order valence-corrected chi connectivity index (χ2v) is 6.34. The molecule has 0 unspecified atom stereocenters. The molecular weight excluding hydrogens is 359 g/mol. The molecule has 0 saturated carbocycles. The molecule has 0 spiro atoms. The molecule has 0 N–H and O–H groups in total. The van der Waals surface area contributed by atoms with E-state index in [4.69, 9.17) is 4.74 Å². The SMILES string of the molecule is O=C(c1ccc(Oc2ccccc2)nc1)N1CCCN(CC(F)(F)F)CC1. The number of carbonyl (C=O) groups is 1. The Labute approximate surface area is 155 Å². The third kappa shape index (κ3) is 5.68. The number of alkyl halides is 3. The molecule has 5 nitrogen and oxygen atoms in total. The van der Waals surface area contributed by atoms with Crippen molar-refractivity contribution in [1.82, 2.24) is 14.8 Å². The van der Waals surface area contributed by atoms with Gasteiger partial charge in [-0.2, -0.15) is 13.2 Å². The molecule has 27 heavy (non-hydrogen) atoms. The third-order valence-corrected chi connectivity index (χ3v) is 4.23. The van der Waals surface area contributed by atoms with Gasteiger partial charge in [-0.25, -0.2) is 4.98 Å². The number of ether oxygens (including phenoxy) is 1. The van der Waals surface area contributed by atoms with Crippen molar-refractivity contribution in [3.63, 3.8) is 0 Å². The van der Waals surface area contributed by atoms with Crippen molar-refractivity contribution in [2.24, 2.45) is 0 Å². The maximum atomic E-state index is 12.6. The molecule has 2 heterocycles. The van der Waals surface area contributed by atoms with Crippen LogP contribution < -0.4 is 4.74 Å². The maximum absolute atomic E-state index is 12.6. The average molecular weight is 379 g/mol. The van der Waals surface area contributed by atoms with E-state index in [-0.39, 0.29) is 19.0 Å². The highest BCUT2D eigenvalue weighted by Gasteiger charge is 2.32. The van der Waals surface area contributed by atoms with E-state index in [2.05, 4.69) is 4.98 Å². The third-order valence-electron chi connectivity index (χ3n) is 4.23. The summed E-state index contributed by atoms with van der Waals surface area (Å²) < 4.78 is 43.2. The lowest BCUT2D eigenvalue weighted by atomic mass is 10.2. The predicted octanol–water partition coefficient (Wildman–Crippen LogP) is 3.58. The summed E-state index contributed by atoms with van der Waals surface area (Å²) in [6, 6.07) is 12.4. The Bertz CT molecular complexity index is 751. The van der Waals surface area contributed by atoms with Gasteiger partial charge in [0.25, 0.3) is 5.91 Å². The maximum Gasteiger partial charge on any atom is 0.401 e. The minimum atomic E-state index is -4.22. The molecule has 0 atom stereocenters. The number of carbonyl (C=O) groups excluding carboxylic acids is 1. The van der Waals surface area contributed by atoms with Gasteiger partial charge in [0.05, 0.1) is 12.1 Å². The molecule has 0 aliphatic carbocycles. The Balaban J connectivity index is 1.59. The van der Waals surface area contributed by atoms with Gasteiger partial charge in [-0.1, -0.05) is 18.2 Å². The standard InChI is InChI=1S/C19H20F3N3O2/c20-19(21,22)14-24-9-4-10-25(12-11-24)18(26)15-7-8-17(23-13-15)27-16-5-2-1-3-6-16/h1-3,5-8,13H,4,9-12,14H2. The van der Waals surface area contributed by atoms with Gasteiger partial charge in [-0.3, -0.25) is 9.69 Å². The predicted molar refractivity (Wildman–Crippen MR) is 93.8 cm³/mol. The smallest absolute Gasteiger partial charge is 0.401 e. The van der Waals surface area contributed by atoms with Crippen LogP contribution in [0.15, 0.2) is 48.7 Å². The number of aromatic nitrogens is 1. The molecule has 1 fully saturated rings. The average Bonchev–Trinajstić information content (AvgIpc) is 2.87. The van der Waals surface area contributed by atoms with Crippen LogP contribution in [0.4, 0.5) is 13.2 Å². The van der Waals surface area contributed by atoms with Crippen LogP contribution in [-0.2, 0) is 0 Å². The van der Waals surface area contributed by atoms with E-state index in [0.29, 0.717) is 36.7 Å². The first-order valence-electron chi connectivity index (χ1n) is 8.68. The zero-order chi connectivity index (χ0) is 19.3. The number of hydrogen-bond acceptors (Lipinski definition) is 4. The Morgan fingerprint density at radius 1 is 1.04 bits per heavy atom. The highest BCUT2D eigenvalue weighted by molar-refractivity contribution is 5.94. The summed E-state index contributed by atoms with van der Waals surface area (Å²) in [6.45, 7) is 0.272. The van der Waals surface area contributed by atoms with Crippen LogP contribution in [0.2, 0.25) is 0 Å². The zero-order valence-corrected chi connectivity index (χ0v) is 14.7. The molecule has 1 amide bonds. The minimum Gasteiger partial charge on any atom is -0.439 e. The molecule has 0 radical (unpaired) electrons. The Morgan fingerprint density at radius 3 is 2.48 bits per heavy atom. The molecular formula is C19H20F3N3O2. The van der Waals surface area contributed by atoms with E-state index in [1.165, 1.54) is 11.1 Å². The van der Waals surface area contributed by atoms with Gasteiger partial charge in [0, 0.05) is 38.4 Å². The van der Waals surface area contributed by atoms with Crippen molar-refractivity contribution in [3.8, 4) is 11.6 Å². The van der Waals surface area contributed by atoms with E-state index in [0.717, 1.165) is 0 Å². The summed E-state index contributed by atoms with van der Waals surface area (Å²) in [5, 5.41) is 0. The van der Waals surface area contributed by atoms with E-state index >= 15 is 0 Å². The van der Waals surface area contributed by atoms with Crippen LogP contribution >= 0.6 is 0 Å². The lowest BCUT2D eigenvalue weighted by molar-refractivity contribution is -0.145. The zero-order valence-electron chi connectivity index (χ0n) is 14.7. The molecule has 1 aromatic heterocycles. The molecule has 1 aromatic carbocycles. The highest BCUT2D eigenvalue weighted by Crippen LogP contribution is 2.20. The van der Waals surface area contributed by atoms with Crippen molar-refractivity contribution in [1.29, 1.82) is 0 Å². The summed E-state index contributed by atoms with van der Waals surface area (Å²) in [5.74, 6) is 0.772. The first-order valence-corrected chi connectivity index (χ1v) is 8.68. The fourth-order valence-corrected chi connectivity index (χ4v) is 2.94. The normalized spacial score (nSPS) is 16.0. The second-order valence-electron chi connectivity index (χ2n) is 6.34. The number of halogens is 3. The largest absolute Gasteiger partial charge is 0.439 e. The topological polar surface area (TPSA) is 45.7 Å². The van der Waals surface area contributed by atoms with Crippen molar-refractivity contribution < 1.29 is 22.7 Å². The van der Waals surface area contributed by atoms with Crippen molar-refractivity contribution in [2.45, 2.75) is 12.6 Å². The van der Waals surface area contributed by atoms with Crippen LogP contribution in [0.3, 0.4) is 0 Å². The van der Waals surface area contributed by atoms with Crippen LogP contribution in [0.25, 0.3) is 0 Å². The monoisotopic (exact) mass is 379 g/mol. The fourth-order valence-electron chi connectivity index (χ4n) is 2.94. The number of benzene rings is 1. The Hall–Kier alpha value is -2.61. The number of pyridine rings is 1. The Morgan fingerprint density at radius 2 is 1.81 bits per heavy atom. The van der Waals surface area contributed by atoms with Gasteiger partial charge in [-0.15, -0.1) is 0 Å². The second kappa shape index (κ2) is 8.39. The Kier molecular flexibility index (Phi) is 5.95. The summed E-state index contributed by atoms with van der Waals surface area (Å²) in [4.78, 5) is 19.7. The van der Waals surface area contributed by atoms with E-state index in [1.54, 1.807) is 29.2 Å². The van der Waals surface area contributed by atoms with Gasteiger partial charge < -0.3 is 9.64 Å². The lowest BCUT2D eigenvalue weighted by Crippen LogP contribution is -2.38. The molecule has 8 heteroatoms. The van der Waals surface area contributed by atoms with Crippen molar-refractivity contribution >= 4 is 5.91 Å². The molecule has 2 aromatic rings. The summed E-state index contributed by atoms with van der Waals surface area (Å²) >= 11 is 0. The molecule has 1 aliphatic rings. The number of para-hydroxylation sites is 1. The van der Waals surface area contributed by atoms with Crippen LogP contribution in [0.5, 0.6) is 11.6 Å². The first-order chi connectivity index (χ1) is 12.9. The van der Waals surface area contributed by atoms with Gasteiger partial charge >= 0.3 is 6.18 Å². The molecule has 3 rings (SSSR count). The molecule has 1 saturated heterocycles. The van der Waals surface area contributed by atoms with Crippen LogP contribution in [-0.4, -0.2) is 59.6 Å². The molecule has 144 valence electrons. The fraction of sp³-hybridized carbons (Fsp3) is 0.368. The van der Waals surface area contributed by atoms with E-state index < -0.39 is 12.7 Å². The van der Waals surface area contributed by atoms with E-state index in [9.17, 15) is 18.0 Å². The summed E-state index contributed by atoms with van der Waals surface area (Å²) in [7, 11) is 0. The lowest BCUT2D eigenvalue weighted by Gasteiger charge is -2.22. The minimum absolute atomic E-state index is 0.202. The summed E-state index contributed by atoms with van der Waals surface area (Å²) in [5.41, 5.74) is 0.389. The van der Waals surface area contributed by atoms with E-state index in [1.807, 2.05) is 18.2 Å². The van der Waals surface area contributed by atoms with Crippen molar-refractivity contribution in [2.75, 3.05) is 32.7 Å². The van der Waals surface area contributed by atoms with Gasteiger partial charge in [0.1, 0.15) is 5.75 Å². The summed E-state index contributed by atoms with van der Waals surface area (Å²) in [6.07, 6.45) is -2.29. The molecule has 1 aliphatic heterocycles. The number of amides is 1. The quantitative estimate of drug-likeness (QED) is 0.815. The number of hydrogen-bond donors (Lipinski definition) is 0. The van der Waals surface area contributed by atoms with Crippen LogP contribution in [0.1, 0.15) is 16.8 Å². The number of nitrogens with zero attached hydrogens (tertiary/aromatic N) is 3. The highest BCUT2D eigenvalue weighted by atomic mass is 19.4. The van der Waals surface area contributed by atoms with Gasteiger partial charge in [0.15, 0.2) is 0 Å². The first kappa shape index (κ1) is 19.2. The van der Waals surface area contributed by atoms with Crippen molar-refractivity contribution in [3.05, 3.63) is 54.2 Å².